The Balaban J connectivity index is 1.82. The molecule has 2 heterocycles. The van der Waals surface area contributed by atoms with Crippen LogP contribution in [-0.4, -0.2) is 35.0 Å². The van der Waals surface area contributed by atoms with E-state index in [1.807, 2.05) is 0 Å². The lowest BCUT2D eigenvalue weighted by Gasteiger charge is -2.23. The third-order valence-electron chi connectivity index (χ3n) is 4.17. The minimum absolute atomic E-state index is 0.0838. The van der Waals surface area contributed by atoms with E-state index in [2.05, 4.69) is 10.2 Å². The van der Waals surface area contributed by atoms with E-state index >= 15 is 0 Å². The van der Waals surface area contributed by atoms with Crippen molar-refractivity contribution in [1.82, 2.24) is 4.90 Å². The Bertz CT molecular complexity index is 529. The number of nitro benzene ring substituents is 1. The predicted molar refractivity (Wildman–Crippen MR) is 79.7 cm³/mol. The number of nitro groups is 1. The van der Waals surface area contributed by atoms with Crippen LogP contribution < -0.4 is 5.32 Å². The molecular formula is C13H15Cl2N3O2. The average molecular weight is 316 g/mol. The maximum Gasteiger partial charge on any atom is 0.272 e. The average Bonchev–Trinajstić information content (AvgIpc) is 2.97. The zero-order valence-electron chi connectivity index (χ0n) is 10.8. The fourth-order valence-electron chi connectivity index (χ4n) is 3.24. The summed E-state index contributed by atoms with van der Waals surface area (Å²) in [5.41, 5.74) is 0.525. The molecule has 2 unspecified atom stereocenters. The van der Waals surface area contributed by atoms with Crippen molar-refractivity contribution in [3.8, 4) is 0 Å². The number of nitrogens with zero attached hydrogens (tertiary/aromatic N) is 2. The fraction of sp³-hybridized carbons (Fsp3) is 0.538. The molecule has 0 bridgehead atoms. The molecule has 2 saturated heterocycles. The summed E-state index contributed by atoms with van der Waals surface area (Å²) in [4.78, 5) is 12.8. The van der Waals surface area contributed by atoms with Crippen LogP contribution >= 0.6 is 23.2 Å². The molecule has 0 amide bonds. The second kappa shape index (κ2) is 5.39. The standard InChI is InChI=1S/C13H15Cl2N3O2/c14-9-6-8(18(19)20)7-10(15)13(9)16-11-3-5-17-4-1-2-12(11)17/h6-7,11-12,16H,1-5H2. The highest BCUT2D eigenvalue weighted by molar-refractivity contribution is 6.39. The van der Waals surface area contributed by atoms with Gasteiger partial charge in [-0.15, -0.1) is 0 Å². The predicted octanol–water partition coefficient (Wildman–Crippen LogP) is 3.55. The van der Waals surface area contributed by atoms with E-state index in [-0.39, 0.29) is 5.69 Å². The van der Waals surface area contributed by atoms with Crippen LogP contribution in [0.1, 0.15) is 19.3 Å². The Kier molecular flexibility index (Phi) is 3.75. The number of hydrogen-bond donors (Lipinski definition) is 1. The molecule has 5 nitrogen and oxygen atoms in total. The zero-order chi connectivity index (χ0) is 14.3. The lowest BCUT2D eigenvalue weighted by molar-refractivity contribution is -0.384. The van der Waals surface area contributed by atoms with Crippen molar-refractivity contribution in [2.75, 3.05) is 18.4 Å². The molecule has 2 aliphatic heterocycles. The molecule has 2 aliphatic rings. The molecular weight excluding hydrogens is 301 g/mol. The molecule has 1 N–H and O–H groups in total. The van der Waals surface area contributed by atoms with Gasteiger partial charge in [-0.05, 0) is 25.8 Å². The van der Waals surface area contributed by atoms with Gasteiger partial charge in [-0.2, -0.15) is 0 Å². The van der Waals surface area contributed by atoms with Gasteiger partial charge in [0.15, 0.2) is 0 Å². The quantitative estimate of drug-likeness (QED) is 0.684. The highest BCUT2D eigenvalue weighted by atomic mass is 35.5. The van der Waals surface area contributed by atoms with Gasteiger partial charge in [0.1, 0.15) is 0 Å². The maximum atomic E-state index is 10.8. The first kappa shape index (κ1) is 13.9. The number of anilines is 1. The van der Waals surface area contributed by atoms with Crippen molar-refractivity contribution in [2.24, 2.45) is 0 Å². The monoisotopic (exact) mass is 315 g/mol. The highest BCUT2D eigenvalue weighted by Crippen LogP contribution is 2.38. The molecule has 0 aromatic heterocycles. The van der Waals surface area contributed by atoms with E-state index < -0.39 is 4.92 Å². The Morgan fingerprint density at radius 1 is 1.25 bits per heavy atom. The number of hydrogen-bond acceptors (Lipinski definition) is 4. The lowest BCUT2D eigenvalue weighted by atomic mass is 10.1. The van der Waals surface area contributed by atoms with Crippen molar-refractivity contribution >= 4 is 34.6 Å². The lowest BCUT2D eigenvalue weighted by Crippen LogP contribution is -2.33. The first-order valence-corrected chi connectivity index (χ1v) is 7.46. The van der Waals surface area contributed by atoms with Crippen LogP contribution in [0, 0.1) is 10.1 Å². The number of halogens is 2. The van der Waals surface area contributed by atoms with Gasteiger partial charge in [-0.1, -0.05) is 23.2 Å². The summed E-state index contributed by atoms with van der Waals surface area (Å²) in [7, 11) is 0. The van der Waals surface area contributed by atoms with Gasteiger partial charge in [-0.3, -0.25) is 15.0 Å². The molecule has 20 heavy (non-hydrogen) atoms. The second-order valence-electron chi connectivity index (χ2n) is 5.33. The van der Waals surface area contributed by atoms with E-state index in [1.54, 1.807) is 0 Å². The first-order valence-electron chi connectivity index (χ1n) is 6.70. The molecule has 0 saturated carbocycles. The Labute approximate surface area is 127 Å². The van der Waals surface area contributed by atoms with E-state index in [1.165, 1.54) is 25.0 Å². The minimum Gasteiger partial charge on any atom is -0.378 e. The van der Waals surface area contributed by atoms with Crippen LogP contribution in [0.3, 0.4) is 0 Å². The van der Waals surface area contributed by atoms with Gasteiger partial charge in [0.2, 0.25) is 0 Å². The van der Waals surface area contributed by atoms with E-state index in [0.29, 0.717) is 27.8 Å². The second-order valence-corrected chi connectivity index (χ2v) is 6.14. The Hall–Kier alpha value is -1.04. The molecule has 2 fully saturated rings. The van der Waals surface area contributed by atoms with E-state index in [4.69, 9.17) is 23.2 Å². The number of benzene rings is 1. The van der Waals surface area contributed by atoms with Crippen molar-refractivity contribution in [3.63, 3.8) is 0 Å². The summed E-state index contributed by atoms with van der Waals surface area (Å²) in [6, 6.07) is 3.53. The van der Waals surface area contributed by atoms with E-state index in [9.17, 15) is 10.1 Å². The SMILES string of the molecule is O=[N+]([O-])c1cc(Cl)c(NC2CCN3CCCC23)c(Cl)c1. The van der Waals surface area contributed by atoms with E-state index in [0.717, 1.165) is 19.5 Å². The molecule has 3 rings (SSSR count). The summed E-state index contributed by atoms with van der Waals surface area (Å²) < 4.78 is 0. The normalized spacial score (nSPS) is 25.7. The maximum absolute atomic E-state index is 10.8. The van der Waals surface area contributed by atoms with Crippen LogP contribution in [0.5, 0.6) is 0 Å². The van der Waals surface area contributed by atoms with Gasteiger partial charge in [-0.25, -0.2) is 0 Å². The number of rotatable bonds is 3. The van der Waals surface area contributed by atoms with Crippen molar-refractivity contribution in [2.45, 2.75) is 31.3 Å². The fourth-order valence-corrected chi connectivity index (χ4v) is 3.82. The van der Waals surface area contributed by atoms with Crippen molar-refractivity contribution in [1.29, 1.82) is 0 Å². The number of non-ortho nitro benzene ring substituents is 1. The number of fused-ring (bicyclic) bond motifs is 1. The van der Waals surface area contributed by atoms with Gasteiger partial charge in [0.05, 0.1) is 20.7 Å². The first-order chi connectivity index (χ1) is 9.56. The third-order valence-corrected chi connectivity index (χ3v) is 4.77. The van der Waals surface area contributed by atoms with Crippen LogP contribution in [-0.2, 0) is 0 Å². The molecule has 0 aliphatic carbocycles. The van der Waals surface area contributed by atoms with Crippen LogP contribution in [0.2, 0.25) is 10.0 Å². The van der Waals surface area contributed by atoms with Gasteiger partial charge >= 0.3 is 0 Å². The Morgan fingerprint density at radius 2 is 1.95 bits per heavy atom. The molecule has 0 radical (unpaired) electrons. The molecule has 2 atom stereocenters. The van der Waals surface area contributed by atoms with Crippen molar-refractivity contribution < 1.29 is 4.92 Å². The third kappa shape index (κ3) is 2.45. The molecule has 0 spiro atoms. The smallest absolute Gasteiger partial charge is 0.272 e. The Morgan fingerprint density at radius 3 is 2.60 bits per heavy atom. The van der Waals surface area contributed by atoms with Gasteiger partial charge in [0.25, 0.3) is 5.69 Å². The molecule has 1 aromatic rings. The van der Waals surface area contributed by atoms with Gasteiger partial charge in [0, 0.05) is 30.8 Å². The molecule has 7 heteroatoms. The number of nitrogens with one attached hydrogen (secondary N) is 1. The highest BCUT2D eigenvalue weighted by Gasteiger charge is 2.37. The minimum atomic E-state index is -0.490. The van der Waals surface area contributed by atoms with Crippen LogP contribution in [0.4, 0.5) is 11.4 Å². The zero-order valence-corrected chi connectivity index (χ0v) is 12.3. The summed E-state index contributed by atoms with van der Waals surface area (Å²) in [6.07, 6.45) is 3.46. The largest absolute Gasteiger partial charge is 0.378 e. The summed E-state index contributed by atoms with van der Waals surface area (Å²) in [6.45, 7) is 2.25. The summed E-state index contributed by atoms with van der Waals surface area (Å²) >= 11 is 12.3. The van der Waals surface area contributed by atoms with Crippen LogP contribution in [0.25, 0.3) is 0 Å². The molecule has 1 aromatic carbocycles. The van der Waals surface area contributed by atoms with Gasteiger partial charge < -0.3 is 5.32 Å². The summed E-state index contributed by atoms with van der Waals surface area (Å²) in [5.74, 6) is 0. The van der Waals surface area contributed by atoms with Crippen molar-refractivity contribution in [3.05, 3.63) is 32.3 Å². The summed E-state index contributed by atoms with van der Waals surface area (Å²) in [5, 5.41) is 14.8. The topological polar surface area (TPSA) is 58.4 Å². The van der Waals surface area contributed by atoms with Crippen LogP contribution in [0.15, 0.2) is 12.1 Å². The molecule has 108 valence electrons.